The van der Waals surface area contributed by atoms with Crippen molar-refractivity contribution in [1.29, 1.82) is 0 Å². The number of carbonyl (C=O) groups is 2. The van der Waals surface area contributed by atoms with Gasteiger partial charge in [0.15, 0.2) is 0 Å². The van der Waals surface area contributed by atoms with Crippen molar-refractivity contribution in [3.63, 3.8) is 0 Å². The zero-order valence-corrected chi connectivity index (χ0v) is 17.2. The number of carboxylic acid groups (broad SMARTS) is 1. The molecular weight excluding hydrogens is 352 g/mol. The Morgan fingerprint density at radius 2 is 1.61 bits per heavy atom. The molecule has 0 heterocycles. The second-order valence-corrected chi connectivity index (χ2v) is 6.84. The van der Waals surface area contributed by atoms with Crippen molar-refractivity contribution in [3.05, 3.63) is 71.3 Å². The molecule has 4 heteroatoms. The maximum absolute atomic E-state index is 11.9. The van der Waals surface area contributed by atoms with Crippen LogP contribution in [0.25, 0.3) is 0 Å². The largest absolute Gasteiger partial charge is 0.481 e. The summed E-state index contributed by atoms with van der Waals surface area (Å²) in [5.41, 5.74) is 3.50. The predicted octanol–water partition coefficient (Wildman–Crippen LogP) is 5.22. The molecule has 0 radical (unpaired) electrons. The number of carboxylic acids is 1. The van der Waals surface area contributed by atoms with Gasteiger partial charge in [0.2, 0.25) is 0 Å². The lowest BCUT2D eigenvalue weighted by Gasteiger charge is -2.14. The number of carbonyl (C=O) groups excluding carboxylic acids is 1. The molecule has 0 fully saturated rings. The molecular formula is C24H32O4. The lowest BCUT2D eigenvalue weighted by molar-refractivity contribution is -0.153. The van der Waals surface area contributed by atoms with Crippen LogP contribution in [-0.4, -0.2) is 23.7 Å². The minimum Gasteiger partial charge on any atom is -0.481 e. The number of aryl methyl sites for hydroxylation is 2. The van der Waals surface area contributed by atoms with Crippen molar-refractivity contribution in [2.45, 2.75) is 52.9 Å². The van der Waals surface area contributed by atoms with Gasteiger partial charge in [0.25, 0.3) is 0 Å². The molecule has 152 valence electrons. The summed E-state index contributed by atoms with van der Waals surface area (Å²) in [4.78, 5) is 22.8. The Labute approximate surface area is 168 Å². The molecule has 0 aliphatic rings. The summed E-state index contributed by atoms with van der Waals surface area (Å²) in [6.45, 7) is 6.51. The van der Waals surface area contributed by atoms with Gasteiger partial charge in [0, 0.05) is 0 Å². The molecule has 1 atom stereocenters. The normalized spacial score (nSPS) is 11.1. The smallest absolute Gasteiger partial charge is 0.309 e. The van der Waals surface area contributed by atoms with Gasteiger partial charge in [0.1, 0.15) is 0 Å². The van der Waals surface area contributed by atoms with Crippen molar-refractivity contribution in [2.24, 2.45) is 5.92 Å². The number of ether oxygens (including phenoxy) is 1. The zero-order valence-electron chi connectivity index (χ0n) is 17.2. The summed E-state index contributed by atoms with van der Waals surface area (Å²) in [5, 5.41) is 8.92. The fourth-order valence-electron chi connectivity index (χ4n) is 2.61. The number of aliphatic carboxylic acids is 1. The molecule has 0 aromatic heterocycles. The second-order valence-electron chi connectivity index (χ2n) is 6.84. The highest BCUT2D eigenvalue weighted by Gasteiger charge is 2.23. The van der Waals surface area contributed by atoms with E-state index in [9.17, 15) is 9.59 Å². The Bertz CT molecular complexity index is 692. The first-order chi connectivity index (χ1) is 13.5. The standard InChI is InChI=1S/C16H22O4.C8H10/c1-3-4-9-20-16(19)14(11-15(17)18)10-13-7-5-12(2)6-8-13;1-2-8-6-4-3-5-7-8/h5-8,14H,3-4,9-11H2,1-2H3,(H,17,18);3-7H,2H2,1H3. The fraction of sp³-hybridized carbons (Fsp3) is 0.417. The van der Waals surface area contributed by atoms with Crippen LogP contribution in [0.3, 0.4) is 0 Å². The summed E-state index contributed by atoms with van der Waals surface area (Å²) in [6.07, 6.45) is 3.09. The van der Waals surface area contributed by atoms with Crippen molar-refractivity contribution in [3.8, 4) is 0 Å². The van der Waals surface area contributed by atoms with Crippen LogP contribution in [0.5, 0.6) is 0 Å². The van der Waals surface area contributed by atoms with E-state index in [1.165, 1.54) is 5.56 Å². The second kappa shape index (κ2) is 13.5. The van der Waals surface area contributed by atoms with Crippen LogP contribution < -0.4 is 0 Å². The molecule has 0 bridgehead atoms. The molecule has 2 rings (SSSR count). The fourth-order valence-corrected chi connectivity index (χ4v) is 2.61. The highest BCUT2D eigenvalue weighted by atomic mass is 16.5. The maximum atomic E-state index is 11.9. The highest BCUT2D eigenvalue weighted by molar-refractivity contribution is 5.79. The third kappa shape index (κ3) is 9.91. The Morgan fingerprint density at radius 3 is 2.11 bits per heavy atom. The number of benzene rings is 2. The molecule has 2 aromatic carbocycles. The average molecular weight is 385 g/mol. The van der Waals surface area contributed by atoms with Crippen molar-refractivity contribution >= 4 is 11.9 Å². The molecule has 28 heavy (non-hydrogen) atoms. The lowest BCUT2D eigenvalue weighted by Crippen LogP contribution is -2.23. The van der Waals surface area contributed by atoms with Gasteiger partial charge in [-0.1, -0.05) is 80.4 Å². The van der Waals surface area contributed by atoms with E-state index in [2.05, 4.69) is 31.2 Å². The summed E-state index contributed by atoms with van der Waals surface area (Å²) in [7, 11) is 0. The van der Waals surface area contributed by atoms with Gasteiger partial charge >= 0.3 is 11.9 Å². The van der Waals surface area contributed by atoms with Gasteiger partial charge in [-0.25, -0.2) is 0 Å². The van der Waals surface area contributed by atoms with Crippen LogP contribution in [0, 0.1) is 12.8 Å². The van der Waals surface area contributed by atoms with E-state index in [-0.39, 0.29) is 6.42 Å². The number of hydrogen-bond donors (Lipinski definition) is 1. The lowest BCUT2D eigenvalue weighted by atomic mass is 9.96. The van der Waals surface area contributed by atoms with E-state index in [0.29, 0.717) is 13.0 Å². The van der Waals surface area contributed by atoms with Gasteiger partial charge in [-0.2, -0.15) is 0 Å². The van der Waals surface area contributed by atoms with Crippen LogP contribution in [-0.2, 0) is 27.2 Å². The Morgan fingerprint density at radius 1 is 0.964 bits per heavy atom. The van der Waals surface area contributed by atoms with Crippen LogP contribution in [0.4, 0.5) is 0 Å². The molecule has 0 saturated carbocycles. The summed E-state index contributed by atoms with van der Waals surface area (Å²) >= 11 is 0. The Balaban J connectivity index is 0.000000406. The first kappa shape index (κ1) is 23.4. The molecule has 1 N–H and O–H groups in total. The van der Waals surface area contributed by atoms with E-state index < -0.39 is 17.9 Å². The van der Waals surface area contributed by atoms with Crippen molar-refractivity contribution < 1.29 is 19.4 Å². The van der Waals surface area contributed by atoms with Crippen molar-refractivity contribution in [2.75, 3.05) is 6.61 Å². The maximum Gasteiger partial charge on any atom is 0.309 e. The van der Waals surface area contributed by atoms with E-state index in [1.807, 2.05) is 44.2 Å². The van der Waals surface area contributed by atoms with Crippen LogP contribution >= 0.6 is 0 Å². The third-order valence-corrected chi connectivity index (χ3v) is 4.35. The summed E-state index contributed by atoms with van der Waals surface area (Å²) in [6, 6.07) is 18.2. The number of hydrogen-bond acceptors (Lipinski definition) is 3. The quantitative estimate of drug-likeness (QED) is 0.475. The average Bonchev–Trinajstić information content (AvgIpc) is 2.70. The molecule has 0 spiro atoms. The minimum absolute atomic E-state index is 0.196. The minimum atomic E-state index is -0.977. The van der Waals surface area contributed by atoms with Crippen LogP contribution in [0.15, 0.2) is 54.6 Å². The number of esters is 1. The van der Waals surface area contributed by atoms with Gasteiger partial charge in [-0.15, -0.1) is 0 Å². The molecule has 1 unspecified atom stereocenters. The van der Waals surface area contributed by atoms with Gasteiger partial charge in [0.05, 0.1) is 18.9 Å². The van der Waals surface area contributed by atoms with E-state index >= 15 is 0 Å². The van der Waals surface area contributed by atoms with E-state index in [4.69, 9.17) is 9.84 Å². The van der Waals surface area contributed by atoms with Gasteiger partial charge < -0.3 is 9.84 Å². The SMILES string of the molecule is CCCCOC(=O)C(CC(=O)O)Cc1ccc(C)cc1.CCc1ccccc1. The highest BCUT2D eigenvalue weighted by Crippen LogP contribution is 2.15. The molecule has 0 aliphatic heterocycles. The molecule has 2 aromatic rings. The van der Waals surface area contributed by atoms with E-state index in [1.54, 1.807) is 0 Å². The monoisotopic (exact) mass is 384 g/mol. The topological polar surface area (TPSA) is 63.6 Å². The predicted molar refractivity (Wildman–Crippen MR) is 112 cm³/mol. The first-order valence-corrected chi connectivity index (χ1v) is 9.94. The Hall–Kier alpha value is -2.62. The summed E-state index contributed by atoms with van der Waals surface area (Å²) < 4.78 is 5.14. The third-order valence-electron chi connectivity index (χ3n) is 4.35. The van der Waals surface area contributed by atoms with Crippen LogP contribution in [0.2, 0.25) is 0 Å². The van der Waals surface area contributed by atoms with Gasteiger partial charge in [-0.3, -0.25) is 9.59 Å². The van der Waals surface area contributed by atoms with E-state index in [0.717, 1.165) is 30.4 Å². The summed E-state index contributed by atoms with van der Waals surface area (Å²) in [5.74, 6) is -2.01. The number of rotatable bonds is 9. The van der Waals surface area contributed by atoms with Crippen LogP contribution in [0.1, 0.15) is 49.8 Å². The van der Waals surface area contributed by atoms with Gasteiger partial charge in [-0.05, 0) is 37.3 Å². The molecule has 0 saturated heterocycles. The number of unbranched alkanes of at least 4 members (excludes halogenated alkanes) is 1. The molecule has 0 amide bonds. The molecule has 0 aliphatic carbocycles. The van der Waals surface area contributed by atoms with Crippen molar-refractivity contribution in [1.82, 2.24) is 0 Å². The molecule has 4 nitrogen and oxygen atoms in total. The first-order valence-electron chi connectivity index (χ1n) is 9.94. The zero-order chi connectivity index (χ0) is 20.8. The Kier molecular flexibility index (Phi) is 11.3.